The Morgan fingerprint density at radius 2 is 2.32 bits per heavy atom. The topological polar surface area (TPSA) is 71.4 Å². The number of methoxy groups -OCH3 is 1. The SMILES string of the molecule is COc1ccc2cc(C(=O)N3CCc4oncc4C3)[nH]c2c1. The van der Waals surface area contributed by atoms with Crippen molar-refractivity contribution in [1.82, 2.24) is 15.0 Å². The fourth-order valence-electron chi connectivity index (χ4n) is 2.83. The molecule has 1 aliphatic rings. The minimum Gasteiger partial charge on any atom is -0.497 e. The van der Waals surface area contributed by atoms with Gasteiger partial charge in [-0.1, -0.05) is 5.16 Å². The summed E-state index contributed by atoms with van der Waals surface area (Å²) >= 11 is 0. The van der Waals surface area contributed by atoms with E-state index in [-0.39, 0.29) is 5.91 Å². The Hall–Kier alpha value is -2.76. The van der Waals surface area contributed by atoms with Crippen molar-refractivity contribution in [3.8, 4) is 5.75 Å². The molecule has 0 unspecified atom stereocenters. The lowest BCUT2D eigenvalue weighted by Gasteiger charge is -2.25. The zero-order chi connectivity index (χ0) is 15.1. The Kier molecular flexibility index (Phi) is 2.89. The number of benzene rings is 1. The monoisotopic (exact) mass is 297 g/mol. The van der Waals surface area contributed by atoms with Gasteiger partial charge in [0.15, 0.2) is 0 Å². The second-order valence-corrected chi connectivity index (χ2v) is 5.39. The van der Waals surface area contributed by atoms with Crippen LogP contribution in [0.25, 0.3) is 10.9 Å². The fraction of sp³-hybridized carbons (Fsp3) is 0.250. The quantitative estimate of drug-likeness (QED) is 0.788. The molecule has 3 aromatic rings. The summed E-state index contributed by atoms with van der Waals surface area (Å²) in [6.07, 6.45) is 2.39. The number of aromatic amines is 1. The van der Waals surface area contributed by atoms with Crippen molar-refractivity contribution in [3.63, 3.8) is 0 Å². The fourth-order valence-corrected chi connectivity index (χ4v) is 2.83. The number of ether oxygens (including phenoxy) is 1. The average Bonchev–Trinajstić information content (AvgIpc) is 3.18. The Labute approximate surface area is 126 Å². The van der Waals surface area contributed by atoms with Crippen molar-refractivity contribution in [1.29, 1.82) is 0 Å². The van der Waals surface area contributed by atoms with Crippen LogP contribution in [0.4, 0.5) is 0 Å². The van der Waals surface area contributed by atoms with Gasteiger partial charge in [-0.2, -0.15) is 0 Å². The number of aromatic nitrogens is 2. The molecule has 0 saturated carbocycles. The summed E-state index contributed by atoms with van der Waals surface area (Å²) in [6, 6.07) is 7.59. The lowest BCUT2D eigenvalue weighted by atomic mass is 10.1. The van der Waals surface area contributed by atoms with Crippen LogP contribution in [0.2, 0.25) is 0 Å². The second kappa shape index (κ2) is 4.91. The van der Waals surface area contributed by atoms with Gasteiger partial charge < -0.3 is 19.1 Å². The van der Waals surface area contributed by atoms with Gasteiger partial charge in [-0.3, -0.25) is 4.79 Å². The molecule has 1 aliphatic heterocycles. The van der Waals surface area contributed by atoms with Crippen molar-refractivity contribution in [2.75, 3.05) is 13.7 Å². The van der Waals surface area contributed by atoms with Gasteiger partial charge in [-0.15, -0.1) is 0 Å². The van der Waals surface area contributed by atoms with Gasteiger partial charge in [0.25, 0.3) is 5.91 Å². The van der Waals surface area contributed by atoms with Gasteiger partial charge in [0.1, 0.15) is 17.2 Å². The third kappa shape index (κ3) is 2.04. The molecular weight excluding hydrogens is 282 g/mol. The molecule has 0 bridgehead atoms. The van der Waals surface area contributed by atoms with Crippen molar-refractivity contribution in [2.45, 2.75) is 13.0 Å². The highest BCUT2D eigenvalue weighted by atomic mass is 16.5. The highest BCUT2D eigenvalue weighted by Gasteiger charge is 2.25. The number of H-pyrrole nitrogens is 1. The molecule has 0 atom stereocenters. The molecule has 0 fully saturated rings. The minimum atomic E-state index is -0.0120. The first-order valence-electron chi connectivity index (χ1n) is 7.13. The third-order valence-corrected chi connectivity index (χ3v) is 4.05. The predicted molar refractivity (Wildman–Crippen MR) is 79.8 cm³/mol. The minimum absolute atomic E-state index is 0.0120. The largest absolute Gasteiger partial charge is 0.497 e. The summed E-state index contributed by atoms with van der Waals surface area (Å²) in [5.74, 6) is 1.63. The molecular formula is C16H15N3O3. The van der Waals surface area contributed by atoms with Crippen LogP contribution in [0.15, 0.2) is 35.0 Å². The van der Waals surface area contributed by atoms with E-state index in [1.165, 1.54) is 0 Å². The summed E-state index contributed by atoms with van der Waals surface area (Å²) in [5.41, 5.74) is 2.46. The van der Waals surface area contributed by atoms with E-state index in [0.29, 0.717) is 25.2 Å². The first-order chi connectivity index (χ1) is 10.7. The molecule has 1 N–H and O–H groups in total. The molecule has 4 rings (SSSR count). The predicted octanol–water partition coefficient (Wildman–Crippen LogP) is 2.36. The highest BCUT2D eigenvalue weighted by Crippen LogP contribution is 2.24. The van der Waals surface area contributed by atoms with E-state index in [2.05, 4.69) is 10.1 Å². The second-order valence-electron chi connectivity index (χ2n) is 5.39. The summed E-state index contributed by atoms with van der Waals surface area (Å²) in [6.45, 7) is 1.18. The molecule has 0 spiro atoms. The van der Waals surface area contributed by atoms with Crippen LogP contribution in [0, 0.1) is 0 Å². The van der Waals surface area contributed by atoms with Crippen LogP contribution in [0.3, 0.4) is 0 Å². The van der Waals surface area contributed by atoms with Gasteiger partial charge in [0, 0.05) is 35.5 Å². The van der Waals surface area contributed by atoms with E-state index in [0.717, 1.165) is 28.0 Å². The molecule has 2 aromatic heterocycles. The number of hydrogen-bond acceptors (Lipinski definition) is 4. The molecule has 0 radical (unpaired) electrons. The van der Waals surface area contributed by atoms with Crippen LogP contribution in [0.1, 0.15) is 21.8 Å². The highest BCUT2D eigenvalue weighted by molar-refractivity contribution is 5.98. The Morgan fingerprint density at radius 3 is 3.18 bits per heavy atom. The molecule has 112 valence electrons. The molecule has 1 amide bonds. The van der Waals surface area contributed by atoms with Gasteiger partial charge in [-0.05, 0) is 18.2 Å². The first-order valence-corrected chi connectivity index (χ1v) is 7.13. The van der Waals surface area contributed by atoms with Gasteiger partial charge >= 0.3 is 0 Å². The summed E-state index contributed by atoms with van der Waals surface area (Å²) in [5, 5.41) is 4.78. The lowest BCUT2D eigenvalue weighted by Crippen LogP contribution is -2.35. The first kappa shape index (κ1) is 12.9. The van der Waals surface area contributed by atoms with E-state index in [1.807, 2.05) is 29.2 Å². The zero-order valence-corrected chi connectivity index (χ0v) is 12.1. The van der Waals surface area contributed by atoms with Crippen molar-refractivity contribution in [3.05, 3.63) is 47.5 Å². The number of carbonyl (C=O) groups excluding carboxylic acids is 1. The average molecular weight is 297 g/mol. The number of nitrogens with zero attached hydrogens (tertiary/aromatic N) is 2. The van der Waals surface area contributed by atoms with Crippen LogP contribution < -0.4 is 4.74 Å². The molecule has 0 aliphatic carbocycles. The van der Waals surface area contributed by atoms with Crippen LogP contribution in [0.5, 0.6) is 5.75 Å². The molecule has 22 heavy (non-hydrogen) atoms. The summed E-state index contributed by atoms with van der Waals surface area (Å²) in [4.78, 5) is 17.6. The zero-order valence-electron chi connectivity index (χ0n) is 12.1. The van der Waals surface area contributed by atoms with Crippen LogP contribution in [-0.4, -0.2) is 34.6 Å². The van der Waals surface area contributed by atoms with Gasteiger partial charge in [-0.25, -0.2) is 0 Å². The van der Waals surface area contributed by atoms with E-state index in [1.54, 1.807) is 13.3 Å². The molecule has 6 nitrogen and oxygen atoms in total. The third-order valence-electron chi connectivity index (χ3n) is 4.05. The standard InChI is InChI=1S/C16H15N3O3/c1-21-12-3-2-10-6-14(18-13(10)7-12)16(20)19-5-4-15-11(9-19)8-17-22-15/h2-3,6-8,18H,4-5,9H2,1H3. The summed E-state index contributed by atoms with van der Waals surface area (Å²) in [7, 11) is 1.63. The number of amides is 1. The number of hydrogen-bond donors (Lipinski definition) is 1. The Morgan fingerprint density at radius 1 is 1.41 bits per heavy atom. The van der Waals surface area contributed by atoms with Crippen molar-refractivity contribution >= 4 is 16.8 Å². The number of nitrogens with one attached hydrogen (secondary N) is 1. The van der Waals surface area contributed by atoms with E-state index in [9.17, 15) is 4.79 Å². The Bertz CT molecular complexity index is 849. The molecule has 6 heteroatoms. The summed E-state index contributed by atoms with van der Waals surface area (Å²) < 4.78 is 10.4. The maximum Gasteiger partial charge on any atom is 0.270 e. The van der Waals surface area contributed by atoms with Gasteiger partial charge in [0.2, 0.25) is 0 Å². The maximum atomic E-state index is 12.7. The molecule has 1 aromatic carbocycles. The van der Waals surface area contributed by atoms with E-state index in [4.69, 9.17) is 9.26 Å². The normalized spacial score (nSPS) is 14.1. The van der Waals surface area contributed by atoms with Crippen molar-refractivity contribution in [2.24, 2.45) is 0 Å². The number of carbonyl (C=O) groups is 1. The van der Waals surface area contributed by atoms with Crippen LogP contribution in [-0.2, 0) is 13.0 Å². The molecule has 3 heterocycles. The number of rotatable bonds is 2. The van der Waals surface area contributed by atoms with E-state index >= 15 is 0 Å². The van der Waals surface area contributed by atoms with E-state index < -0.39 is 0 Å². The Balaban J connectivity index is 1.63. The number of fused-ring (bicyclic) bond motifs is 2. The van der Waals surface area contributed by atoms with Crippen molar-refractivity contribution < 1.29 is 14.1 Å². The maximum absolute atomic E-state index is 12.7. The molecule has 0 saturated heterocycles. The van der Waals surface area contributed by atoms with Gasteiger partial charge in [0.05, 0.1) is 19.9 Å². The lowest BCUT2D eigenvalue weighted by molar-refractivity contribution is 0.0724. The smallest absolute Gasteiger partial charge is 0.270 e. The van der Waals surface area contributed by atoms with Crippen LogP contribution >= 0.6 is 0 Å².